The lowest BCUT2D eigenvalue weighted by molar-refractivity contribution is -0.152. The van der Waals surface area contributed by atoms with Gasteiger partial charge in [0.2, 0.25) is 0 Å². The predicted octanol–water partition coefficient (Wildman–Crippen LogP) is 3.92. The largest absolute Gasteiger partial charge is 0.504 e. The van der Waals surface area contributed by atoms with Crippen molar-refractivity contribution >= 4 is 11.9 Å². The van der Waals surface area contributed by atoms with Gasteiger partial charge in [0.1, 0.15) is 12.2 Å². The highest BCUT2D eigenvalue weighted by Gasteiger charge is 2.49. The van der Waals surface area contributed by atoms with Gasteiger partial charge < -0.3 is 41.2 Å². The van der Waals surface area contributed by atoms with Gasteiger partial charge in [0.25, 0.3) is 0 Å². The molecule has 260 valence electrons. The molecule has 0 aromatic heterocycles. The third-order valence-corrected chi connectivity index (χ3v) is 11.6. The van der Waals surface area contributed by atoms with Crippen LogP contribution in [0.3, 0.4) is 0 Å². The molecule has 0 amide bonds. The van der Waals surface area contributed by atoms with Crippen molar-refractivity contribution in [1.82, 2.24) is 10.6 Å². The highest BCUT2D eigenvalue weighted by atomic mass is 16.5. The van der Waals surface area contributed by atoms with E-state index in [4.69, 9.17) is 15.2 Å². The van der Waals surface area contributed by atoms with Crippen molar-refractivity contribution in [3.05, 3.63) is 23.3 Å². The Bertz CT molecular complexity index is 1330. The van der Waals surface area contributed by atoms with Gasteiger partial charge in [-0.05, 0) is 93.0 Å². The van der Waals surface area contributed by atoms with E-state index in [1.807, 2.05) is 6.07 Å². The predicted molar refractivity (Wildman–Crippen MR) is 182 cm³/mol. The van der Waals surface area contributed by atoms with Crippen LogP contribution < -0.4 is 21.1 Å². The number of fused-ring (bicyclic) bond motifs is 5. The number of nitrogens with two attached hydrogens (primary N) is 1. The molecule has 4 bridgehead atoms. The average Bonchev–Trinajstić information content (AvgIpc) is 3.50. The number of carbonyl (C=O) groups excluding carboxylic acids is 1. The Labute approximate surface area is 280 Å². The molecule has 1 saturated carbocycles. The molecule has 2 fully saturated rings. The van der Waals surface area contributed by atoms with Crippen molar-refractivity contribution in [2.45, 2.75) is 128 Å². The Kier molecular flexibility index (Phi) is 11.6. The molecule has 7 unspecified atom stereocenters. The number of nitrogens with one attached hydrogen (secondary N) is 2. The monoisotopic (exact) mass is 652 g/mol. The molecule has 1 aromatic rings. The van der Waals surface area contributed by atoms with E-state index in [9.17, 15) is 20.1 Å². The molecule has 10 heteroatoms. The molecule has 2 heterocycles. The summed E-state index contributed by atoms with van der Waals surface area (Å²) in [4.78, 5) is 16.7. The van der Waals surface area contributed by atoms with Gasteiger partial charge in [0.15, 0.2) is 17.5 Å². The second kappa shape index (κ2) is 15.5. The fraction of sp³-hybridized carbons (Fsp3) is 0.730. The first-order valence-electron chi connectivity index (χ1n) is 17.7. The first-order valence-corrected chi connectivity index (χ1v) is 17.7. The number of benzene rings is 1. The molecule has 1 saturated heterocycles. The fourth-order valence-electron chi connectivity index (χ4n) is 8.69. The number of carbonyl (C=O) groups is 1. The lowest BCUT2D eigenvalue weighted by Gasteiger charge is -2.45. The zero-order valence-electron chi connectivity index (χ0n) is 28.5. The lowest BCUT2D eigenvalue weighted by Crippen LogP contribution is -2.49. The third kappa shape index (κ3) is 8.36. The van der Waals surface area contributed by atoms with Crippen molar-refractivity contribution in [3.8, 4) is 23.3 Å². The zero-order valence-corrected chi connectivity index (χ0v) is 28.5. The van der Waals surface area contributed by atoms with Crippen LogP contribution in [0.4, 0.5) is 0 Å². The molecular weight excluding hydrogens is 596 g/mol. The minimum atomic E-state index is -0.703. The molecule has 2 aliphatic heterocycles. The van der Waals surface area contributed by atoms with E-state index in [-0.39, 0.29) is 41.8 Å². The molecule has 47 heavy (non-hydrogen) atoms. The summed E-state index contributed by atoms with van der Waals surface area (Å²) in [6.45, 7) is 4.89. The van der Waals surface area contributed by atoms with Gasteiger partial charge in [-0.25, -0.2) is 0 Å². The van der Waals surface area contributed by atoms with E-state index in [1.165, 1.54) is 6.92 Å². The molecule has 7 atom stereocenters. The van der Waals surface area contributed by atoms with E-state index in [1.54, 1.807) is 13.1 Å². The van der Waals surface area contributed by atoms with Gasteiger partial charge in [-0.2, -0.15) is 0 Å². The first-order chi connectivity index (χ1) is 22.5. The van der Waals surface area contributed by atoms with E-state index in [0.29, 0.717) is 49.5 Å². The van der Waals surface area contributed by atoms with Gasteiger partial charge in [-0.15, -0.1) is 0 Å². The molecule has 1 aromatic carbocycles. The standard InChI is InChI=1S/C37H56N4O6/c1-24(43)46-33-21-29(44)10-15-37(23-41-35(38)39-3,36(2)12-4-5-13-36)14-9-25-7-6-8-28-20-30(11-16-40-28)47-34-19-26(17-31(25)33)27(22-42)18-32(34)45/h18-19,25,28-31,33,40,42,44-45H,4-8,10-13,15-17,20-23H2,1-3H3,(H3,38,39,41). The van der Waals surface area contributed by atoms with Crippen molar-refractivity contribution < 1.29 is 29.6 Å². The van der Waals surface area contributed by atoms with E-state index < -0.39 is 23.6 Å². The average molecular weight is 653 g/mol. The van der Waals surface area contributed by atoms with Gasteiger partial charge in [0, 0.05) is 44.8 Å². The number of hydrogen-bond acceptors (Lipinski definition) is 8. The van der Waals surface area contributed by atoms with E-state index >= 15 is 0 Å². The SMILES string of the molecule is CN=C(N)NCC1(C2(C)CCCC2)C#CC2CCCC3CC(CCN3)Oc3cc(c(CO)cc3O)CC2C(OC(C)=O)CC(O)CC1. The number of aliphatic hydroxyl groups excluding tert-OH is 2. The van der Waals surface area contributed by atoms with Crippen LogP contribution in [0.1, 0.15) is 102 Å². The summed E-state index contributed by atoms with van der Waals surface area (Å²) >= 11 is 0. The summed E-state index contributed by atoms with van der Waals surface area (Å²) in [5.74, 6) is 7.66. The highest BCUT2D eigenvalue weighted by Crippen LogP contribution is 2.54. The molecule has 7 N–H and O–H groups in total. The van der Waals surface area contributed by atoms with Gasteiger partial charge in [-0.1, -0.05) is 38.0 Å². The summed E-state index contributed by atoms with van der Waals surface area (Å²) in [5, 5.41) is 39.9. The second-order valence-corrected chi connectivity index (χ2v) is 14.7. The van der Waals surface area contributed by atoms with Gasteiger partial charge in [0.05, 0.1) is 18.1 Å². The minimum Gasteiger partial charge on any atom is -0.504 e. The fourth-order valence-corrected chi connectivity index (χ4v) is 8.69. The highest BCUT2D eigenvalue weighted by molar-refractivity contribution is 5.77. The number of aromatic hydroxyl groups is 1. The number of piperidine rings is 1. The van der Waals surface area contributed by atoms with Crippen LogP contribution in [-0.4, -0.2) is 71.7 Å². The van der Waals surface area contributed by atoms with Crippen molar-refractivity contribution in [1.29, 1.82) is 0 Å². The quantitative estimate of drug-likeness (QED) is 0.120. The summed E-state index contributed by atoms with van der Waals surface area (Å²) in [7, 11) is 1.67. The Hall–Kier alpha value is -3.00. The molecule has 10 nitrogen and oxygen atoms in total. The number of nitrogens with zero attached hydrogens (tertiary/aromatic N) is 1. The maximum Gasteiger partial charge on any atom is 0.302 e. The Morgan fingerprint density at radius 3 is 2.68 bits per heavy atom. The summed E-state index contributed by atoms with van der Waals surface area (Å²) in [6, 6.07) is 3.72. The normalized spacial score (nSPS) is 32.9. The minimum absolute atomic E-state index is 0.00833. The maximum atomic E-state index is 12.6. The van der Waals surface area contributed by atoms with Crippen LogP contribution in [-0.2, 0) is 22.6 Å². The Morgan fingerprint density at radius 1 is 1.17 bits per heavy atom. The van der Waals surface area contributed by atoms with Crippen LogP contribution in [0.15, 0.2) is 17.1 Å². The Balaban J connectivity index is 1.65. The number of aliphatic hydroxyl groups is 2. The van der Waals surface area contributed by atoms with Crippen LogP contribution in [0.25, 0.3) is 0 Å². The molecular formula is C37H56N4O6. The van der Waals surface area contributed by atoms with Gasteiger partial charge >= 0.3 is 5.97 Å². The van der Waals surface area contributed by atoms with Crippen LogP contribution in [0.2, 0.25) is 0 Å². The number of phenols is 1. The van der Waals surface area contributed by atoms with Crippen LogP contribution in [0.5, 0.6) is 11.5 Å². The second-order valence-electron chi connectivity index (χ2n) is 14.7. The number of aliphatic imine (C=N–C) groups is 1. The first kappa shape index (κ1) is 35.3. The van der Waals surface area contributed by atoms with E-state index in [2.05, 4.69) is 34.4 Å². The Morgan fingerprint density at radius 2 is 1.96 bits per heavy atom. The van der Waals surface area contributed by atoms with Crippen molar-refractivity contribution in [2.75, 3.05) is 20.1 Å². The number of phenolic OH excluding ortho intramolecular Hbond substituents is 1. The molecule has 0 spiro atoms. The number of esters is 1. The zero-order chi connectivity index (χ0) is 33.6. The van der Waals surface area contributed by atoms with Gasteiger partial charge in [-0.3, -0.25) is 9.79 Å². The van der Waals surface area contributed by atoms with Crippen molar-refractivity contribution in [3.63, 3.8) is 0 Å². The van der Waals surface area contributed by atoms with E-state index in [0.717, 1.165) is 69.9 Å². The summed E-state index contributed by atoms with van der Waals surface area (Å²) < 4.78 is 12.4. The topological polar surface area (TPSA) is 159 Å². The number of guanidine groups is 1. The molecule has 5 rings (SSSR count). The number of rotatable bonds is 5. The lowest BCUT2D eigenvalue weighted by atomic mass is 9.60. The number of hydrogen-bond donors (Lipinski definition) is 6. The van der Waals surface area contributed by atoms with Crippen LogP contribution >= 0.6 is 0 Å². The summed E-state index contributed by atoms with van der Waals surface area (Å²) in [5.41, 5.74) is 7.08. The summed E-state index contributed by atoms with van der Waals surface area (Å²) in [6.07, 6.45) is 9.38. The molecule has 2 aliphatic carbocycles. The third-order valence-electron chi connectivity index (χ3n) is 11.6. The maximum absolute atomic E-state index is 12.6. The smallest absolute Gasteiger partial charge is 0.302 e. The number of ether oxygens (including phenoxy) is 2. The van der Waals surface area contributed by atoms with Crippen molar-refractivity contribution in [2.24, 2.45) is 33.4 Å². The molecule has 0 radical (unpaired) electrons. The van der Waals surface area contributed by atoms with Crippen LogP contribution in [0, 0.1) is 34.5 Å². The molecule has 4 aliphatic rings.